The Hall–Kier alpha value is -2.11. The molecule has 0 aliphatic carbocycles. The summed E-state index contributed by atoms with van der Waals surface area (Å²) in [7, 11) is 0. The Labute approximate surface area is 123 Å². The predicted octanol–water partition coefficient (Wildman–Crippen LogP) is 2.43. The molecule has 0 saturated carbocycles. The molecule has 2 N–H and O–H groups in total. The second-order valence-corrected chi connectivity index (χ2v) is 4.44. The number of rotatable bonds is 9. The van der Waals surface area contributed by atoms with E-state index >= 15 is 0 Å². The quantitative estimate of drug-likeness (QED) is 0.561. The topological polar surface area (TPSA) is 78.6 Å². The molecule has 21 heavy (non-hydrogen) atoms. The third-order valence-electron chi connectivity index (χ3n) is 2.81. The lowest BCUT2D eigenvalue weighted by Crippen LogP contribution is -2.15. The van der Waals surface area contributed by atoms with Crippen LogP contribution >= 0.6 is 0 Å². The molecule has 116 valence electrons. The van der Waals surface area contributed by atoms with Crippen LogP contribution in [0, 0.1) is 5.82 Å². The van der Waals surface area contributed by atoms with E-state index in [4.69, 9.17) is 15.2 Å². The first-order valence-electron chi connectivity index (χ1n) is 6.93. The van der Waals surface area contributed by atoms with Gasteiger partial charge < -0.3 is 15.2 Å². The highest BCUT2D eigenvalue weighted by Gasteiger charge is 2.14. The van der Waals surface area contributed by atoms with Crippen LogP contribution in [0.4, 0.5) is 4.39 Å². The number of carbonyl (C=O) groups is 2. The molecule has 0 heterocycles. The summed E-state index contributed by atoms with van der Waals surface area (Å²) >= 11 is 0. The lowest BCUT2D eigenvalue weighted by Gasteiger charge is -2.10. The molecule has 0 atom stereocenters. The smallest absolute Gasteiger partial charge is 0.305 e. The van der Waals surface area contributed by atoms with Gasteiger partial charge in [-0.3, -0.25) is 9.59 Å². The number of ether oxygens (including phenoxy) is 2. The lowest BCUT2D eigenvalue weighted by molar-refractivity contribution is -0.143. The molecule has 1 aromatic rings. The Morgan fingerprint density at radius 3 is 2.67 bits per heavy atom. The summed E-state index contributed by atoms with van der Waals surface area (Å²) < 4.78 is 23.6. The molecule has 1 amide bonds. The average Bonchev–Trinajstić information content (AvgIpc) is 2.42. The fourth-order valence-corrected chi connectivity index (χ4v) is 1.83. The van der Waals surface area contributed by atoms with Gasteiger partial charge in [0, 0.05) is 6.42 Å². The molecule has 0 bridgehead atoms. The molecule has 0 unspecified atom stereocenters. The number of primary amides is 1. The second kappa shape index (κ2) is 8.94. The Kier molecular flexibility index (Phi) is 7.21. The maximum atomic E-state index is 13.5. The summed E-state index contributed by atoms with van der Waals surface area (Å²) in [6.07, 6.45) is 2.54. The molecular weight excluding hydrogens is 277 g/mol. The summed E-state index contributed by atoms with van der Waals surface area (Å²) in [5.41, 5.74) is 4.89. The van der Waals surface area contributed by atoms with Gasteiger partial charge in [0.1, 0.15) is 17.1 Å². The molecule has 0 saturated heterocycles. The molecule has 0 aliphatic heterocycles. The molecular formula is C15H20FNO4. The van der Waals surface area contributed by atoms with Crippen molar-refractivity contribution in [1.82, 2.24) is 0 Å². The van der Waals surface area contributed by atoms with Gasteiger partial charge in [0.25, 0.3) is 5.91 Å². The van der Waals surface area contributed by atoms with Crippen LogP contribution in [-0.4, -0.2) is 25.1 Å². The zero-order chi connectivity index (χ0) is 15.7. The van der Waals surface area contributed by atoms with E-state index in [0.717, 1.165) is 12.5 Å². The largest absolute Gasteiger partial charge is 0.493 e. The van der Waals surface area contributed by atoms with E-state index in [1.807, 2.05) is 0 Å². The Balaban J connectivity index is 2.32. The summed E-state index contributed by atoms with van der Waals surface area (Å²) in [6, 6.07) is 4.12. The van der Waals surface area contributed by atoms with Gasteiger partial charge in [0.2, 0.25) is 0 Å². The monoisotopic (exact) mass is 297 g/mol. The minimum absolute atomic E-state index is 0.146. The number of halogens is 1. The number of esters is 1. The highest BCUT2D eigenvalue weighted by molar-refractivity contribution is 5.95. The van der Waals surface area contributed by atoms with Crippen molar-refractivity contribution in [2.24, 2.45) is 5.73 Å². The third kappa shape index (κ3) is 5.81. The van der Waals surface area contributed by atoms with E-state index < -0.39 is 11.7 Å². The predicted molar refractivity (Wildman–Crippen MR) is 75.5 cm³/mol. The molecule has 6 heteroatoms. The Morgan fingerprint density at radius 2 is 2.00 bits per heavy atom. The first-order chi connectivity index (χ1) is 10.1. The van der Waals surface area contributed by atoms with Gasteiger partial charge in [0.15, 0.2) is 0 Å². The summed E-state index contributed by atoms with van der Waals surface area (Å²) in [5.74, 6) is -1.61. The average molecular weight is 297 g/mol. The van der Waals surface area contributed by atoms with Crippen molar-refractivity contribution in [3.63, 3.8) is 0 Å². The maximum Gasteiger partial charge on any atom is 0.305 e. The Morgan fingerprint density at radius 1 is 1.24 bits per heavy atom. The van der Waals surface area contributed by atoms with Crippen LogP contribution in [0.5, 0.6) is 5.75 Å². The molecule has 0 radical (unpaired) electrons. The van der Waals surface area contributed by atoms with Crippen molar-refractivity contribution in [2.75, 3.05) is 13.2 Å². The van der Waals surface area contributed by atoms with Crippen LogP contribution < -0.4 is 10.5 Å². The first-order valence-corrected chi connectivity index (χ1v) is 6.93. The zero-order valence-electron chi connectivity index (χ0n) is 12.1. The van der Waals surface area contributed by atoms with Crippen LogP contribution in [0.1, 0.15) is 43.0 Å². The number of hydrogen-bond donors (Lipinski definition) is 1. The summed E-state index contributed by atoms with van der Waals surface area (Å²) in [4.78, 5) is 22.3. The van der Waals surface area contributed by atoms with E-state index in [2.05, 4.69) is 0 Å². The molecule has 0 fully saturated rings. The highest BCUT2D eigenvalue weighted by atomic mass is 19.1. The normalized spacial score (nSPS) is 10.2. The van der Waals surface area contributed by atoms with E-state index in [-0.39, 0.29) is 17.3 Å². The van der Waals surface area contributed by atoms with E-state index in [9.17, 15) is 14.0 Å². The molecule has 1 aromatic carbocycles. The first kappa shape index (κ1) is 16.9. The van der Waals surface area contributed by atoms with Crippen molar-refractivity contribution in [3.05, 3.63) is 29.6 Å². The minimum Gasteiger partial charge on any atom is -0.493 e. The van der Waals surface area contributed by atoms with Crippen molar-refractivity contribution in [3.8, 4) is 5.75 Å². The van der Waals surface area contributed by atoms with E-state index in [0.29, 0.717) is 32.5 Å². The van der Waals surface area contributed by atoms with Crippen molar-refractivity contribution >= 4 is 11.9 Å². The van der Waals surface area contributed by atoms with Gasteiger partial charge in [0.05, 0.1) is 13.2 Å². The van der Waals surface area contributed by atoms with Gasteiger partial charge in [-0.2, -0.15) is 0 Å². The van der Waals surface area contributed by atoms with Crippen LogP contribution in [0.3, 0.4) is 0 Å². The maximum absolute atomic E-state index is 13.5. The van der Waals surface area contributed by atoms with Crippen LogP contribution in [0.15, 0.2) is 18.2 Å². The third-order valence-corrected chi connectivity index (χ3v) is 2.81. The number of nitrogens with two attached hydrogens (primary N) is 1. The number of unbranched alkanes of at least 4 members (excludes halogenated alkanes) is 2. The number of hydrogen-bond acceptors (Lipinski definition) is 4. The van der Waals surface area contributed by atoms with E-state index in [1.54, 1.807) is 6.92 Å². The second-order valence-electron chi connectivity index (χ2n) is 4.44. The van der Waals surface area contributed by atoms with Gasteiger partial charge in [-0.25, -0.2) is 4.39 Å². The number of amides is 1. The van der Waals surface area contributed by atoms with Crippen LogP contribution in [-0.2, 0) is 9.53 Å². The van der Waals surface area contributed by atoms with Crippen LogP contribution in [0.25, 0.3) is 0 Å². The summed E-state index contributed by atoms with van der Waals surface area (Å²) in [6.45, 7) is 2.48. The minimum atomic E-state index is -0.856. The fourth-order valence-electron chi connectivity index (χ4n) is 1.83. The van der Waals surface area contributed by atoms with Crippen LogP contribution in [0.2, 0.25) is 0 Å². The Bertz CT molecular complexity index is 491. The van der Waals surface area contributed by atoms with E-state index in [1.165, 1.54) is 12.1 Å². The highest BCUT2D eigenvalue weighted by Crippen LogP contribution is 2.21. The van der Waals surface area contributed by atoms with Gasteiger partial charge in [-0.05, 0) is 38.3 Å². The number of benzene rings is 1. The van der Waals surface area contributed by atoms with Crippen molar-refractivity contribution < 1.29 is 23.5 Å². The molecule has 0 spiro atoms. The van der Waals surface area contributed by atoms with Gasteiger partial charge in [-0.15, -0.1) is 0 Å². The molecule has 0 aliphatic rings. The standard InChI is InChI=1S/C15H20FNO4/c1-2-20-13(18)9-4-3-5-10-21-12-8-6-7-11(16)14(12)15(17)19/h6-8H,2-5,9-10H2,1H3,(H2,17,19). The SMILES string of the molecule is CCOC(=O)CCCCCOc1cccc(F)c1C(N)=O. The molecule has 5 nitrogen and oxygen atoms in total. The number of carbonyl (C=O) groups excluding carboxylic acids is 2. The fraction of sp³-hybridized carbons (Fsp3) is 0.467. The van der Waals surface area contributed by atoms with Crippen molar-refractivity contribution in [2.45, 2.75) is 32.6 Å². The summed E-state index contributed by atoms with van der Waals surface area (Å²) in [5, 5.41) is 0. The molecule has 1 rings (SSSR count). The van der Waals surface area contributed by atoms with Crippen molar-refractivity contribution in [1.29, 1.82) is 0 Å². The van der Waals surface area contributed by atoms with Gasteiger partial charge >= 0.3 is 5.97 Å². The lowest BCUT2D eigenvalue weighted by atomic mass is 10.1. The van der Waals surface area contributed by atoms with Gasteiger partial charge in [-0.1, -0.05) is 6.07 Å². The zero-order valence-corrected chi connectivity index (χ0v) is 12.1. The molecule has 0 aromatic heterocycles.